The Hall–Kier alpha value is -1.48. The van der Waals surface area contributed by atoms with Crippen molar-refractivity contribution in [2.24, 2.45) is 0 Å². The molecule has 5 heteroatoms. The van der Waals surface area contributed by atoms with Crippen LogP contribution < -0.4 is 5.32 Å². The lowest BCUT2D eigenvalue weighted by Crippen LogP contribution is -2.01. The van der Waals surface area contributed by atoms with Crippen LogP contribution in [0.1, 0.15) is 5.56 Å². The molecule has 0 atom stereocenters. The second-order valence-electron chi connectivity index (χ2n) is 4.61. The third kappa shape index (κ3) is 3.08. The monoisotopic (exact) mass is 336 g/mol. The Morgan fingerprint density at radius 2 is 1.76 bits per heavy atom. The number of hydrogen-bond donors (Lipinski definition) is 1. The van der Waals surface area contributed by atoms with Gasteiger partial charge in [0.05, 0.1) is 20.8 Å². The van der Waals surface area contributed by atoms with E-state index < -0.39 is 0 Å². The van der Waals surface area contributed by atoms with Crippen molar-refractivity contribution in [2.45, 2.75) is 6.54 Å². The van der Waals surface area contributed by atoms with Gasteiger partial charge >= 0.3 is 0 Å². The van der Waals surface area contributed by atoms with Gasteiger partial charge in [-0.2, -0.15) is 0 Å². The summed E-state index contributed by atoms with van der Waals surface area (Å²) in [6.45, 7) is 0.638. The topological polar surface area (TPSA) is 24.9 Å². The molecular weight excluding hydrogens is 327 g/mol. The number of anilines is 1. The minimum absolute atomic E-state index is 0.448. The SMILES string of the molecule is Clc1cc(Cl)c(NCc2cccc3cnccc23)cc1Cl. The zero-order valence-corrected chi connectivity index (χ0v) is 13.2. The van der Waals surface area contributed by atoms with Crippen molar-refractivity contribution in [3.8, 4) is 0 Å². The van der Waals surface area contributed by atoms with E-state index in [9.17, 15) is 0 Å². The van der Waals surface area contributed by atoms with E-state index >= 15 is 0 Å². The van der Waals surface area contributed by atoms with Crippen molar-refractivity contribution in [1.29, 1.82) is 0 Å². The molecule has 0 saturated heterocycles. The largest absolute Gasteiger partial charge is 0.380 e. The molecular formula is C16H11Cl3N2. The Morgan fingerprint density at radius 1 is 0.952 bits per heavy atom. The summed E-state index contributed by atoms with van der Waals surface area (Å²) in [6.07, 6.45) is 3.64. The van der Waals surface area contributed by atoms with E-state index in [0.717, 1.165) is 22.0 Å². The van der Waals surface area contributed by atoms with Crippen molar-refractivity contribution >= 4 is 51.3 Å². The van der Waals surface area contributed by atoms with Crippen LogP contribution in [0, 0.1) is 0 Å². The van der Waals surface area contributed by atoms with Crippen LogP contribution in [0.3, 0.4) is 0 Å². The van der Waals surface area contributed by atoms with E-state index in [1.807, 2.05) is 24.4 Å². The quantitative estimate of drug-likeness (QED) is 0.610. The summed E-state index contributed by atoms with van der Waals surface area (Å²) in [5.41, 5.74) is 1.93. The third-order valence-electron chi connectivity index (χ3n) is 3.25. The molecule has 1 aromatic heterocycles. The van der Waals surface area contributed by atoms with Gasteiger partial charge in [-0.05, 0) is 29.1 Å². The highest BCUT2D eigenvalue weighted by molar-refractivity contribution is 6.44. The number of benzene rings is 2. The lowest BCUT2D eigenvalue weighted by atomic mass is 10.1. The standard InChI is InChI=1S/C16H11Cl3N2/c17-13-6-15(19)16(7-14(13)18)21-9-11-3-1-2-10-8-20-5-4-12(10)11/h1-8,21H,9H2. The summed E-state index contributed by atoms with van der Waals surface area (Å²) in [6, 6.07) is 11.5. The van der Waals surface area contributed by atoms with Crippen LogP contribution in [-0.2, 0) is 6.54 Å². The van der Waals surface area contributed by atoms with Gasteiger partial charge in [0.15, 0.2) is 0 Å². The van der Waals surface area contributed by atoms with Crippen LogP contribution >= 0.6 is 34.8 Å². The molecule has 3 aromatic rings. The molecule has 0 unspecified atom stereocenters. The first-order valence-electron chi connectivity index (χ1n) is 6.35. The first-order chi connectivity index (χ1) is 10.1. The maximum absolute atomic E-state index is 6.17. The summed E-state index contributed by atoms with van der Waals surface area (Å²) >= 11 is 18.1. The van der Waals surface area contributed by atoms with E-state index in [0.29, 0.717) is 21.6 Å². The Kier molecular flexibility index (Phi) is 4.20. The van der Waals surface area contributed by atoms with Crippen molar-refractivity contribution in [2.75, 3.05) is 5.32 Å². The average molecular weight is 338 g/mol. The first-order valence-corrected chi connectivity index (χ1v) is 7.48. The van der Waals surface area contributed by atoms with Gasteiger partial charge in [0.25, 0.3) is 0 Å². The highest BCUT2D eigenvalue weighted by atomic mass is 35.5. The molecule has 1 N–H and O–H groups in total. The van der Waals surface area contributed by atoms with Gasteiger partial charge < -0.3 is 5.32 Å². The van der Waals surface area contributed by atoms with Gasteiger partial charge in [-0.3, -0.25) is 4.98 Å². The van der Waals surface area contributed by atoms with Crippen LogP contribution in [0.15, 0.2) is 48.8 Å². The summed E-state index contributed by atoms with van der Waals surface area (Å²) in [7, 11) is 0. The molecule has 21 heavy (non-hydrogen) atoms. The second-order valence-corrected chi connectivity index (χ2v) is 5.84. The molecule has 0 aliphatic carbocycles. The normalized spacial score (nSPS) is 10.8. The van der Waals surface area contributed by atoms with Gasteiger partial charge in [-0.15, -0.1) is 0 Å². The summed E-state index contributed by atoms with van der Waals surface area (Å²) in [4.78, 5) is 4.13. The highest BCUT2D eigenvalue weighted by Gasteiger charge is 2.07. The Bertz CT molecular complexity index is 797. The minimum Gasteiger partial charge on any atom is -0.380 e. The zero-order valence-electron chi connectivity index (χ0n) is 10.9. The number of nitrogens with zero attached hydrogens (tertiary/aromatic N) is 1. The van der Waals surface area contributed by atoms with Crippen LogP contribution in [0.4, 0.5) is 5.69 Å². The molecule has 1 heterocycles. The maximum atomic E-state index is 6.17. The molecule has 0 amide bonds. The van der Waals surface area contributed by atoms with Crippen molar-refractivity contribution in [3.63, 3.8) is 0 Å². The van der Waals surface area contributed by atoms with Gasteiger partial charge in [0, 0.05) is 24.3 Å². The summed E-state index contributed by atoms with van der Waals surface area (Å²) < 4.78 is 0. The highest BCUT2D eigenvalue weighted by Crippen LogP contribution is 2.32. The predicted octanol–water partition coefficient (Wildman–Crippen LogP) is 5.81. The molecule has 0 saturated carbocycles. The zero-order chi connectivity index (χ0) is 14.8. The first kappa shape index (κ1) is 14.5. The van der Waals surface area contributed by atoms with Crippen LogP contribution in [0.25, 0.3) is 10.8 Å². The van der Waals surface area contributed by atoms with Gasteiger partial charge in [-0.1, -0.05) is 53.0 Å². The molecule has 0 fully saturated rings. The van der Waals surface area contributed by atoms with Crippen LogP contribution in [-0.4, -0.2) is 4.98 Å². The fourth-order valence-electron chi connectivity index (χ4n) is 2.19. The predicted molar refractivity (Wildman–Crippen MR) is 90.5 cm³/mol. The lowest BCUT2D eigenvalue weighted by Gasteiger charge is -2.11. The molecule has 0 radical (unpaired) electrons. The smallest absolute Gasteiger partial charge is 0.0653 e. The molecule has 0 aliphatic rings. The molecule has 2 nitrogen and oxygen atoms in total. The number of aromatic nitrogens is 1. The molecule has 2 aromatic carbocycles. The fourth-order valence-corrected chi connectivity index (χ4v) is 2.81. The Morgan fingerprint density at radius 3 is 2.62 bits per heavy atom. The third-order valence-corrected chi connectivity index (χ3v) is 4.29. The minimum atomic E-state index is 0.448. The Labute approximate surface area is 137 Å². The van der Waals surface area contributed by atoms with Crippen LogP contribution in [0.5, 0.6) is 0 Å². The number of rotatable bonds is 3. The van der Waals surface area contributed by atoms with E-state index in [1.165, 1.54) is 0 Å². The lowest BCUT2D eigenvalue weighted by molar-refractivity contribution is 1.17. The van der Waals surface area contributed by atoms with Gasteiger partial charge in [0.1, 0.15) is 0 Å². The van der Waals surface area contributed by atoms with E-state index in [2.05, 4.69) is 16.4 Å². The number of pyridine rings is 1. The van der Waals surface area contributed by atoms with E-state index in [1.54, 1.807) is 18.3 Å². The number of hydrogen-bond acceptors (Lipinski definition) is 2. The number of nitrogens with one attached hydrogen (secondary N) is 1. The van der Waals surface area contributed by atoms with Crippen LogP contribution in [0.2, 0.25) is 15.1 Å². The van der Waals surface area contributed by atoms with Gasteiger partial charge in [-0.25, -0.2) is 0 Å². The van der Waals surface area contributed by atoms with E-state index in [-0.39, 0.29) is 0 Å². The summed E-state index contributed by atoms with van der Waals surface area (Å²) in [5.74, 6) is 0. The number of fused-ring (bicyclic) bond motifs is 1. The number of halogens is 3. The van der Waals surface area contributed by atoms with Crippen molar-refractivity contribution in [3.05, 3.63) is 69.4 Å². The molecule has 0 bridgehead atoms. The summed E-state index contributed by atoms with van der Waals surface area (Å²) in [5, 5.41) is 7.04. The van der Waals surface area contributed by atoms with Gasteiger partial charge in [0.2, 0.25) is 0 Å². The van der Waals surface area contributed by atoms with E-state index in [4.69, 9.17) is 34.8 Å². The van der Waals surface area contributed by atoms with Crippen molar-refractivity contribution < 1.29 is 0 Å². The molecule has 0 aliphatic heterocycles. The second kappa shape index (κ2) is 6.10. The molecule has 106 valence electrons. The molecule has 3 rings (SSSR count). The average Bonchev–Trinajstić information content (AvgIpc) is 2.49. The maximum Gasteiger partial charge on any atom is 0.0653 e. The Balaban J connectivity index is 1.89. The fraction of sp³-hybridized carbons (Fsp3) is 0.0625. The van der Waals surface area contributed by atoms with Crippen molar-refractivity contribution in [1.82, 2.24) is 4.98 Å². The molecule has 0 spiro atoms.